The van der Waals surface area contributed by atoms with Gasteiger partial charge in [0.25, 0.3) is 0 Å². The van der Waals surface area contributed by atoms with Crippen molar-refractivity contribution in [2.24, 2.45) is 0 Å². The molecule has 0 atom stereocenters. The van der Waals surface area contributed by atoms with Crippen LogP contribution in [-0.2, 0) is 6.42 Å². The lowest BCUT2D eigenvalue weighted by Crippen LogP contribution is -2.02. The third-order valence-electron chi connectivity index (χ3n) is 2.97. The van der Waals surface area contributed by atoms with Crippen molar-refractivity contribution in [2.75, 3.05) is 18.9 Å². The SMILES string of the molecule is CCOc1ccccc1OCCCc1cccc(N)c1. The van der Waals surface area contributed by atoms with Crippen LogP contribution >= 0.6 is 0 Å². The Morgan fingerprint density at radius 3 is 2.40 bits per heavy atom. The predicted octanol–water partition coefficient (Wildman–Crippen LogP) is 3.68. The van der Waals surface area contributed by atoms with Crippen LogP contribution in [0.15, 0.2) is 48.5 Å². The van der Waals surface area contributed by atoms with Gasteiger partial charge < -0.3 is 15.2 Å². The third kappa shape index (κ3) is 4.19. The summed E-state index contributed by atoms with van der Waals surface area (Å²) >= 11 is 0. The van der Waals surface area contributed by atoms with Crippen LogP contribution in [0.1, 0.15) is 18.9 Å². The zero-order chi connectivity index (χ0) is 14.2. The van der Waals surface area contributed by atoms with Crippen LogP contribution in [0.5, 0.6) is 11.5 Å². The summed E-state index contributed by atoms with van der Waals surface area (Å²) in [6.07, 6.45) is 1.91. The fraction of sp³-hybridized carbons (Fsp3) is 0.294. The van der Waals surface area contributed by atoms with Crippen molar-refractivity contribution in [1.82, 2.24) is 0 Å². The van der Waals surface area contributed by atoms with E-state index in [9.17, 15) is 0 Å². The molecule has 0 saturated heterocycles. The van der Waals surface area contributed by atoms with Crippen molar-refractivity contribution in [3.05, 3.63) is 54.1 Å². The first-order chi connectivity index (χ1) is 9.79. The fourth-order valence-electron chi connectivity index (χ4n) is 2.05. The maximum Gasteiger partial charge on any atom is 0.161 e. The van der Waals surface area contributed by atoms with Gasteiger partial charge in [-0.1, -0.05) is 24.3 Å². The van der Waals surface area contributed by atoms with Crippen molar-refractivity contribution in [2.45, 2.75) is 19.8 Å². The van der Waals surface area contributed by atoms with Crippen molar-refractivity contribution in [1.29, 1.82) is 0 Å². The summed E-state index contributed by atoms with van der Waals surface area (Å²) in [5, 5.41) is 0. The fourth-order valence-corrected chi connectivity index (χ4v) is 2.05. The van der Waals surface area contributed by atoms with Gasteiger partial charge in [0.2, 0.25) is 0 Å². The molecule has 20 heavy (non-hydrogen) atoms. The lowest BCUT2D eigenvalue weighted by molar-refractivity contribution is 0.273. The second-order valence-corrected chi connectivity index (χ2v) is 4.58. The minimum atomic E-state index is 0.643. The number of ether oxygens (including phenoxy) is 2. The van der Waals surface area contributed by atoms with Crippen LogP contribution in [0.4, 0.5) is 5.69 Å². The molecular weight excluding hydrogens is 250 g/mol. The molecule has 2 N–H and O–H groups in total. The smallest absolute Gasteiger partial charge is 0.161 e. The molecule has 0 aliphatic heterocycles. The molecule has 2 aromatic rings. The molecule has 0 saturated carbocycles. The van der Waals surface area contributed by atoms with E-state index in [1.165, 1.54) is 5.56 Å². The number of nitrogens with two attached hydrogens (primary N) is 1. The minimum absolute atomic E-state index is 0.643. The number of benzene rings is 2. The standard InChI is InChI=1S/C17H21NO2/c1-2-19-16-10-3-4-11-17(16)20-12-6-8-14-7-5-9-15(18)13-14/h3-5,7,9-11,13H,2,6,8,12,18H2,1H3. The third-order valence-corrected chi connectivity index (χ3v) is 2.97. The van der Waals surface area contributed by atoms with E-state index in [-0.39, 0.29) is 0 Å². The topological polar surface area (TPSA) is 44.5 Å². The number of para-hydroxylation sites is 2. The Morgan fingerprint density at radius 2 is 1.70 bits per heavy atom. The molecule has 0 aromatic heterocycles. The van der Waals surface area contributed by atoms with Gasteiger partial charge in [-0.3, -0.25) is 0 Å². The molecule has 0 fully saturated rings. The summed E-state index contributed by atoms with van der Waals surface area (Å²) in [4.78, 5) is 0. The highest BCUT2D eigenvalue weighted by molar-refractivity contribution is 5.41. The van der Waals surface area contributed by atoms with Crippen LogP contribution in [0, 0.1) is 0 Å². The van der Waals surface area contributed by atoms with E-state index in [0.717, 1.165) is 30.0 Å². The van der Waals surface area contributed by atoms with Gasteiger partial charge in [-0.2, -0.15) is 0 Å². The van der Waals surface area contributed by atoms with E-state index in [2.05, 4.69) is 6.07 Å². The molecule has 0 heterocycles. The normalized spacial score (nSPS) is 10.2. The first-order valence-corrected chi connectivity index (χ1v) is 6.98. The summed E-state index contributed by atoms with van der Waals surface area (Å²) in [5.41, 5.74) is 7.81. The largest absolute Gasteiger partial charge is 0.490 e. The number of aryl methyl sites for hydroxylation is 1. The number of rotatable bonds is 7. The van der Waals surface area contributed by atoms with E-state index in [4.69, 9.17) is 15.2 Å². The second-order valence-electron chi connectivity index (χ2n) is 4.58. The molecule has 0 spiro atoms. The van der Waals surface area contributed by atoms with E-state index in [0.29, 0.717) is 13.2 Å². The minimum Gasteiger partial charge on any atom is -0.490 e. The summed E-state index contributed by atoms with van der Waals surface area (Å²) in [5.74, 6) is 1.61. The van der Waals surface area contributed by atoms with Gasteiger partial charge >= 0.3 is 0 Å². The number of hydrogen-bond acceptors (Lipinski definition) is 3. The van der Waals surface area contributed by atoms with Crippen molar-refractivity contribution >= 4 is 5.69 Å². The summed E-state index contributed by atoms with van der Waals surface area (Å²) in [7, 11) is 0. The quantitative estimate of drug-likeness (QED) is 0.617. The van der Waals surface area contributed by atoms with E-state index in [1.807, 2.05) is 49.4 Å². The highest BCUT2D eigenvalue weighted by Gasteiger charge is 2.03. The van der Waals surface area contributed by atoms with Gasteiger partial charge in [0.05, 0.1) is 13.2 Å². The molecular formula is C17H21NO2. The number of anilines is 1. The monoisotopic (exact) mass is 271 g/mol. The lowest BCUT2D eigenvalue weighted by Gasteiger charge is -2.11. The zero-order valence-corrected chi connectivity index (χ0v) is 11.8. The first kappa shape index (κ1) is 14.3. The Kier molecular flexibility index (Phi) is 5.30. The number of hydrogen-bond donors (Lipinski definition) is 1. The van der Waals surface area contributed by atoms with Crippen LogP contribution in [0.3, 0.4) is 0 Å². The van der Waals surface area contributed by atoms with Gasteiger partial charge in [0.1, 0.15) is 0 Å². The molecule has 0 unspecified atom stereocenters. The van der Waals surface area contributed by atoms with Crippen LogP contribution in [0.2, 0.25) is 0 Å². The van der Waals surface area contributed by atoms with E-state index >= 15 is 0 Å². The van der Waals surface area contributed by atoms with Gasteiger partial charge in [-0.15, -0.1) is 0 Å². The molecule has 0 amide bonds. The Balaban J connectivity index is 1.81. The highest BCUT2D eigenvalue weighted by atomic mass is 16.5. The molecule has 3 nitrogen and oxygen atoms in total. The Morgan fingerprint density at radius 1 is 0.950 bits per heavy atom. The molecule has 2 rings (SSSR count). The molecule has 0 aliphatic carbocycles. The first-order valence-electron chi connectivity index (χ1n) is 6.98. The maximum atomic E-state index is 5.79. The molecule has 0 bridgehead atoms. The number of nitrogen functional groups attached to an aromatic ring is 1. The van der Waals surface area contributed by atoms with Gasteiger partial charge in [-0.05, 0) is 49.6 Å². The van der Waals surface area contributed by atoms with Crippen LogP contribution in [0.25, 0.3) is 0 Å². The Labute approximate surface area is 120 Å². The van der Waals surface area contributed by atoms with Crippen molar-refractivity contribution in [3.8, 4) is 11.5 Å². The molecule has 2 aromatic carbocycles. The average molecular weight is 271 g/mol. The summed E-state index contributed by atoms with van der Waals surface area (Å²) < 4.78 is 11.3. The average Bonchev–Trinajstić information content (AvgIpc) is 2.46. The lowest BCUT2D eigenvalue weighted by atomic mass is 10.1. The maximum absolute atomic E-state index is 5.79. The molecule has 0 aliphatic rings. The molecule has 3 heteroatoms. The van der Waals surface area contributed by atoms with Gasteiger partial charge in [0.15, 0.2) is 11.5 Å². The van der Waals surface area contributed by atoms with E-state index in [1.54, 1.807) is 0 Å². The van der Waals surface area contributed by atoms with Crippen molar-refractivity contribution in [3.63, 3.8) is 0 Å². The zero-order valence-electron chi connectivity index (χ0n) is 11.8. The Bertz CT molecular complexity index is 540. The van der Waals surface area contributed by atoms with Gasteiger partial charge in [-0.25, -0.2) is 0 Å². The van der Waals surface area contributed by atoms with Gasteiger partial charge in [0, 0.05) is 5.69 Å². The molecule has 0 radical (unpaired) electrons. The predicted molar refractivity (Wildman–Crippen MR) is 82.3 cm³/mol. The van der Waals surface area contributed by atoms with Crippen molar-refractivity contribution < 1.29 is 9.47 Å². The van der Waals surface area contributed by atoms with Crippen LogP contribution < -0.4 is 15.2 Å². The summed E-state index contributed by atoms with van der Waals surface area (Å²) in [6.45, 7) is 3.28. The van der Waals surface area contributed by atoms with E-state index < -0.39 is 0 Å². The van der Waals surface area contributed by atoms with Crippen LogP contribution in [-0.4, -0.2) is 13.2 Å². The molecule has 106 valence electrons. The summed E-state index contributed by atoms with van der Waals surface area (Å²) in [6, 6.07) is 15.7. The Hall–Kier alpha value is -2.16. The second kappa shape index (κ2) is 7.43. The highest BCUT2D eigenvalue weighted by Crippen LogP contribution is 2.26.